The Morgan fingerprint density at radius 3 is 2.60 bits per heavy atom. The van der Waals surface area contributed by atoms with Crippen LogP contribution in [-0.4, -0.2) is 5.91 Å². The molecule has 0 radical (unpaired) electrons. The summed E-state index contributed by atoms with van der Waals surface area (Å²) in [5, 5.41) is 3.01. The zero-order valence-corrected chi connectivity index (χ0v) is 11.6. The van der Waals surface area contributed by atoms with Crippen molar-refractivity contribution in [2.75, 3.05) is 5.32 Å². The van der Waals surface area contributed by atoms with Gasteiger partial charge in [-0.15, -0.1) is 0 Å². The number of para-hydroxylation sites is 1. The van der Waals surface area contributed by atoms with Crippen LogP contribution in [0.15, 0.2) is 42.5 Å². The van der Waals surface area contributed by atoms with Crippen LogP contribution in [0.25, 0.3) is 0 Å². The van der Waals surface area contributed by atoms with Crippen LogP contribution < -0.4 is 11.1 Å². The third-order valence-corrected chi connectivity index (χ3v) is 3.30. The van der Waals surface area contributed by atoms with Crippen molar-refractivity contribution < 1.29 is 9.18 Å². The Balaban J connectivity index is 2.34. The van der Waals surface area contributed by atoms with Crippen LogP contribution in [0.1, 0.15) is 17.2 Å². The van der Waals surface area contributed by atoms with E-state index in [-0.39, 0.29) is 5.02 Å². The van der Waals surface area contributed by atoms with Crippen molar-refractivity contribution in [3.63, 3.8) is 0 Å². The van der Waals surface area contributed by atoms with Gasteiger partial charge >= 0.3 is 0 Å². The number of hydrogen-bond donors (Lipinski definition) is 2. The molecule has 1 atom stereocenters. The SMILES string of the molecule is Cc1ccccc1NC(C(N)=O)c1ccc(F)c(Cl)c1. The summed E-state index contributed by atoms with van der Waals surface area (Å²) in [5.41, 5.74) is 7.70. The van der Waals surface area contributed by atoms with Gasteiger partial charge in [0.1, 0.15) is 11.9 Å². The van der Waals surface area contributed by atoms with Crippen LogP contribution in [0.3, 0.4) is 0 Å². The Kier molecular flexibility index (Phi) is 4.25. The molecule has 1 unspecified atom stereocenters. The van der Waals surface area contributed by atoms with E-state index >= 15 is 0 Å². The lowest BCUT2D eigenvalue weighted by Crippen LogP contribution is -2.28. The zero-order valence-electron chi connectivity index (χ0n) is 10.9. The van der Waals surface area contributed by atoms with E-state index in [2.05, 4.69) is 5.32 Å². The number of anilines is 1. The molecular weight excluding hydrogens is 279 g/mol. The van der Waals surface area contributed by atoms with Crippen LogP contribution in [0, 0.1) is 12.7 Å². The van der Waals surface area contributed by atoms with Gasteiger partial charge in [0.25, 0.3) is 0 Å². The first-order chi connectivity index (χ1) is 9.49. The van der Waals surface area contributed by atoms with Gasteiger partial charge in [0.2, 0.25) is 5.91 Å². The molecule has 2 rings (SSSR count). The zero-order chi connectivity index (χ0) is 14.7. The second kappa shape index (κ2) is 5.92. The van der Waals surface area contributed by atoms with Gasteiger partial charge < -0.3 is 11.1 Å². The van der Waals surface area contributed by atoms with Crippen molar-refractivity contribution in [3.8, 4) is 0 Å². The highest BCUT2D eigenvalue weighted by molar-refractivity contribution is 6.30. The van der Waals surface area contributed by atoms with E-state index < -0.39 is 17.8 Å². The van der Waals surface area contributed by atoms with E-state index in [1.165, 1.54) is 18.2 Å². The number of amides is 1. The van der Waals surface area contributed by atoms with Gasteiger partial charge in [0.15, 0.2) is 0 Å². The molecule has 5 heteroatoms. The van der Waals surface area contributed by atoms with Crippen molar-refractivity contribution in [1.82, 2.24) is 0 Å². The lowest BCUT2D eigenvalue weighted by Gasteiger charge is -2.19. The summed E-state index contributed by atoms with van der Waals surface area (Å²) in [7, 11) is 0. The fourth-order valence-electron chi connectivity index (χ4n) is 1.90. The summed E-state index contributed by atoms with van der Waals surface area (Å²) in [4.78, 5) is 11.6. The molecule has 0 spiro atoms. The second-order valence-electron chi connectivity index (χ2n) is 4.47. The number of primary amides is 1. The molecule has 2 aromatic rings. The van der Waals surface area contributed by atoms with Crippen molar-refractivity contribution in [2.24, 2.45) is 5.73 Å². The first-order valence-electron chi connectivity index (χ1n) is 6.05. The van der Waals surface area contributed by atoms with Gasteiger partial charge in [0.05, 0.1) is 5.02 Å². The first-order valence-corrected chi connectivity index (χ1v) is 6.43. The Labute approximate surface area is 121 Å². The number of nitrogens with two attached hydrogens (primary N) is 1. The average molecular weight is 293 g/mol. The minimum Gasteiger partial charge on any atom is -0.370 e. The topological polar surface area (TPSA) is 55.1 Å². The Hall–Kier alpha value is -2.07. The lowest BCUT2D eigenvalue weighted by atomic mass is 10.0. The summed E-state index contributed by atoms with van der Waals surface area (Å²) in [6.45, 7) is 1.91. The van der Waals surface area contributed by atoms with E-state index in [4.69, 9.17) is 17.3 Å². The molecule has 0 fully saturated rings. The largest absolute Gasteiger partial charge is 0.370 e. The highest BCUT2D eigenvalue weighted by Gasteiger charge is 2.19. The molecule has 0 heterocycles. The number of halogens is 2. The third-order valence-electron chi connectivity index (χ3n) is 3.01. The first kappa shape index (κ1) is 14.3. The van der Waals surface area contributed by atoms with Gasteiger partial charge in [-0.25, -0.2) is 4.39 Å². The minimum absolute atomic E-state index is 0.0414. The Morgan fingerprint density at radius 1 is 1.30 bits per heavy atom. The molecule has 0 aliphatic carbocycles. The summed E-state index contributed by atoms with van der Waals surface area (Å²) < 4.78 is 13.2. The molecule has 0 aromatic heterocycles. The van der Waals surface area contributed by atoms with Crippen LogP contribution in [-0.2, 0) is 4.79 Å². The summed E-state index contributed by atoms with van der Waals surface area (Å²) in [6.07, 6.45) is 0. The molecule has 0 aliphatic heterocycles. The highest BCUT2D eigenvalue weighted by atomic mass is 35.5. The van der Waals surface area contributed by atoms with E-state index in [1.807, 2.05) is 31.2 Å². The molecule has 0 saturated carbocycles. The van der Waals surface area contributed by atoms with E-state index in [0.29, 0.717) is 5.56 Å². The number of carbonyl (C=O) groups excluding carboxylic acids is 1. The number of rotatable bonds is 4. The molecule has 3 nitrogen and oxygen atoms in total. The monoisotopic (exact) mass is 292 g/mol. The fraction of sp³-hybridized carbons (Fsp3) is 0.133. The molecule has 0 saturated heterocycles. The molecule has 0 aliphatic rings. The van der Waals surface area contributed by atoms with Crippen molar-refractivity contribution in [1.29, 1.82) is 0 Å². The van der Waals surface area contributed by atoms with Crippen LogP contribution in [0.4, 0.5) is 10.1 Å². The number of nitrogens with one attached hydrogen (secondary N) is 1. The van der Waals surface area contributed by atoms with Gasteiger partial charge in [-0.2, -0.15) is 0 Å². The van der Waals surface area contributed by atoms with Gasteiger partial charge in [-0.05, 0) is 36.2 Å². The predicted octanol–water partition coefficient (Wildman–Crippen LogP) is 3.43. The van der Waals surface area contributed by atoms with Crippen molar-refractivity contribution >= 4 is 23.2 Å². The van der Waals surface area contributed by atoms with Gasteiger partial charge in [0, 0.05) is 5.69 Å². The van der Waals surface area contributed by atoms with E-state index in [1.54, 1.807) is 0 Å². The van der Waals surface area contributed by atoms with Crippen LogP contribution in [0.5, 0.6) is 0 Å². The number of benzene rings is 2. The maximum Gasteiger partial charge on any atom is 0.244 e. The lowest BCUT2D eigenvalue weighted by molar-refractivity contribution is -0.118. The molecule has 1 amide bonds. The smallest absolute Gasteiger partial charge is 0.244 e. The Morgan fingerprint density at radius 2 is 2.00 bits per heavy atom. The average Bonchev–Trinajstić information content (AvgIpc) is 2.41. The summed E-state index contributed by atoms with van der Waals surface area (Å²) in [6, 6.07) is 10.8. The molecular formula is C15H14ClFN2O. The molecule has 2 aromatic carbocycles. The van der Waals surface area contributed by atoms with Gasteiger partial charge in [-0.1, -0.05) is 35.9 Å². The summed E-state index contributed by atoms with van der Waals surface area (Å²) >= 11 is 5.74. The van der Waals surface area contributed by atoms with Gasteiger partial charge in [-0.3, -0.25) is 4.79 Å². The number of aryl methyl sites for hydroxylation is 1. The van der Waals surface area contributed by atoms with E-state index in [9.17, 15) is 9.18 Å². The third kappa shape index (κ3) is 3.08. The number of carbonyl (C=O) groups is 1. The molecule has 0 bridgehead atoms. The molecule has 20 heavy (non-hydrogen) atoms. The molecule has 104 valence electrons. The molecule has 3 N–H and O–H groups in total. The van der Waals surface area contributed by atoms with Crippen LogP contribution in [0.2, 0.25) is 5.02 Å². The predicted molar refractivity (Wildman–Crippen MR) is 78.1 cm³/mol. The summed E-state index contributed by atoms with van der Waals surface area (Å²) in [5.74, 6) is -1.09. The van der Waals surface area contributed by atoms with Crippen molar-refractivity contribution in [2.45, 2.75) is 13.0 Å². The normalized spacial score (nSPS) is 11.9. The van der Waals surface area contributed by atoms with Crippen LogP contribution >= 0.6 is 11.6 Å². The highest BCUT2D eigenvalue weighted by Crippen LogP contribution is 2.25. The number of hydrogen-bond acceptors (Lipinski definition) is 2. The standard InChI is InChI=1S/C15H14ClFN2O/c1-9-4-2-3-5-13(9)19-14(15(18)20)10-6-7-12(17)11(16)8-10/h2-8,14,19H,1H3,(H2,18,20). The maximum absolute atomic E-state index is 13.2. The fourth-order valence-corrected chi connectivity index (χ4v) is 2.09. The van der Waals surface area contributed by atoms with E-state index in [0.717, 1.165) is 11.3 Å². The minimum atomic E-state index is -0.769. The maximum atomic E-state index is 13.2. The van der Waals surface area contributed by atoms with Crippen molar-refractivity contribution in [3.05, 3.63) is 64.4 Å². The second-order valence-corrected chi connectivity index (χ2v) is 4.88. The quantitative estimate of drug-likeness (QED) is 0.907. The Bertz CT molecular complexity index is 646.